The predicted molar refractivity (Wildman–Crippen MR) is 439 cm³/mol. The molecule has 12 heterocycles. The molecule has 0 aliphatic carbocycles. The quantitative estimate of drug-likeness (QED) is 0.0402. The second kappa shape index (κ2) is 66.3. The molecule has 0 amide bonds. The standard InChI is InChI=1S/4C8H17NO.4C7H15NO.2C6H13NO.2C5H11NO/c2*1-2-3-8-6-9(7-8)4-5-10;2*1-2-3-4-5-9-6-8(10)7-9;2*1-2-7-5-8(6-7)3-4-9;2*1-2-3-4-8-5-7(9)6-8;2*1-2-3-7-4-6(8)5-7;2*1-2-6-3-5(7)4-6/h4*8,10H,2-7H2,1H3;4*7,9H,2-6H2,1H3;2*6,8H,2-5H2,1H3;2*5,7H,2-4H2,1H3. The highest BCUT2D eigenvalue weighted by Gasteiger charge is 2.30. The van der Waals surface area contributed by atoms with E-state index >= 15 is 0 Å². The summed E-state index contributed by atoms with van der Waals surface area (Å²) in [5.74, 6) is 3.68. The number of aliphatic hydroxyl groups excluding tert-OH is 12. The van der Waals surface area contributed by atoms with Gasteiger partial charge in [0.25, 0.3) is 0 Å². The molecule has 0 saturated carbocycles. The highest BCUT2D eigenvalue weighted by atomic mass is 16.3. The van der Waals surface area contributed by atoms with Gasteiger partial charge in [0.2, 0.25) is 0 Å². The van der Waals surface area contributed by atoms with E-state index in [1.54, 1.807) is 0 Å². The van der Waals surface area contributed by atoms with E-state index < -0.39 is 0 Å². The third-order valence-corrected chi connectivity index (χ3v) is 21.6. The molecular formula is C82H176N12O12. The second-order valence-corrected chi connectivity index (χ2v) is 32.4. The molecule has 12 aliphatic heterocycles. The number of likely N-dealkylation sites (N-methyl/N-ethyl adjacent to an activating group) is 2. The first kappa shape index (κ1) is 103. The Labute approximate surface area is 650 Å². The molecule has 12 aliphatic rings. The molecule has 12 rings (SSSR count). The molecule has 0 aromatic carbocycles. The summed E-state index contributed by atoms with van der Waals surface area (Å²) in [4.78, 5) is 27.3. The van der Waals surface area contributed by atoms with Crippen LogP contribution in [0.2, 0.25) is 0 Å². The summed E-state index contributed by atoms with van der Waals surface area (Å²) in [6.07, 6.45) is 23.0. The van der Waals surface area contributed by atoms with Crippen LogP contribution in [0.1, 0.15) is 199 Å². The lowest BCUT2D eigenvalue weighted by Crippen LogP contribution is -2.50. The van der Waals surface area contributed by atoms with Crippen LogP contribution in [0.25, 0.3) is 0 Å². The van der Waals surface area contributed by atoms with Crippen LogP contribution in [0, 0.1) is 23.7 Å². The third kappa shape index (κ3) is 51.0. The average Bonchev–Trinajstić information content (AvgIpc) is 0.868. The van der Waals surface area contributed by atoms with Gasteiger partial charge in [-0.1, -0.05) is 147 Å². The highest BCUT2D eigenvalue weighted by molar-refractivity contribution is 4.85. The van der Waals surface area contributed by atoms with Gasteiger partial charge >= 0.3 is 0 Å². The van der Waals surface area contributed by atoms with Gasteiger partial charge in [-0.15, -0.1) is 0 Å². The van der Waals surface area contributed by atoms with Crippen molar-refractivity contribution >= 4 is 0 Å². The Morgan fingerprint density at radius 1 is 0.189 bits per heavy atom. The minimum atomic E-state index is -0.0278. The molecule has 24 heteroatoms. The van der Waals surface area contributed by atoms with Crippen LogP contribution in [0.5, 0.6) is 0 Å². The first-order valence-electron chi connectivity index (χ1n) is 43.6. The fourth-order valence-corrected chi connectivity index (χ4v) is 14.2. The van der Waals surface area contributed by atoms with Crippen molar-refractivity contribution in [1.29, 1.82) is 0 Å². The zero-order chi connectivity index (χ0) is 78.9. The van der Waals surface area contributed by atoms with Crippen molar-refractivity contribution in [1.82, 2.24) is 58.8 Å². The summed E-state index contributed by atoms with van der Waals surface area (Å²) in [5.41, 5.74) is 0. The predicted octanol–water partition coefficient (Wildman–Crippen LogP) is 4.21. The monoisotopic (exact) mass is 1520 g/mol. The van der Waals surface area contributed by atoms with Gasteiger partial charge in [0.1, 0.15) is 0 Å². The van der Waals surface area contributed by atoms with Crippen molar-refractivity contribution in [3.63, 3.8) is 0 Å². The number of likely N-dealkylation sites (tertiary alicyclic amines) is 12. The van der Waals surface area contributed by atoms with Gasteiger partial charge in [0.05, 0.1) is 75.3 Å². The van der Waals surface area contributed by atoms with E-state index in [0.29, 0.717) is 26.4 Å². The Bertz CT molecular complexity index is 1690. The van der Waals surface area contributed by atoms with Gasteiger partial charge in [-0.25, -0.2) is 0 Å². The van der Waals surface area contributed by atoms with Gasteiger partial charge in [0.15, 0.2) is 0 Å². The van der Waals surface area contributed by atoms with E-state index in [1.165, 1.54) is 194 Å². The third-order valence-electron chi connectivity index (χ3n) is 21.6. The number of rotatable bonds is 34. The van der Waals surface area contributed by atoms with Crippen LogP contribution in [0.3, 0.4) is 0 Å². The fourth-order valence-electron chi connectivity index (χ4n) is 14.2. The Balaban J connectivity index is 0.000000579. The molecule has 0 aromatic rings. The molecule has 636 valence electrons. The molecule has 0 bridgehead atoms. The molecule has 12 fully saturated rings. The van der Waals surface area contributed by atoms with Crippen LogP contribution in [-0.4, -0.2) is 431 Å². The van der Waals surface area contributed by atoms with Crippen molar-refractivity contribution in [3.8, 4) is 0 Å². The summed E-state index contributed by atoms with van der Waals surface area (Å²) in [6, 6.07) is 0. The topological polar surface area (TPSA) is 282 Å². The maximum Gasteiger partial charge on any atom is 0.0793 e. The number of hydrogen-bond donors (Lipinski definition) is 12. The fraction of sp³-hybridized carbons (Fsp3) is 1.00. The number of unbranched alkanes of at least 4 members (excludes halogenated alkanes) is 6. The maximum absolute atomic E-state index is 8.93. The summed E-state index contributed by atoms with van der Waals surface area (Å²) < 4.78 is 0. The Kier molecular flexibility index (Phi) is 64.5. The Morgan fingerprint density at radius 2 is 0.377 bits per heavy atom. The number of hydrogen-bond acceptors (Lipinski definition) is 24. The molecule has 24 nitrogen and oxygen atoms in total. The van der Waals surface area contributed by atoms with E-state index in [2.05, 4.69) is 142 Å². The maximum atomic E-state index is 8.93. The van der Waals surface area contributed by atoms with Crippen LogP contribution in [-0.2, 0) is 0 Å². The Hall–Kier alpha value is -0.960. The lowest BCUT2D eigenvalue weighted by Gasteiger charge is -2.38. The van der Waals surface area contributed by atoms with Crippen molar-refractivity contribution in [2.75, 3.05) is 262 Å². The largest absolute Gasteiger partial charge is 0.395 e. The zero-order valence-corrected chi connectivity index (χ0v) is 70.7. The lowest BCUT2D eigenvalue weighted by molar-refractivity contribution is 0.00135. The normalized spacial score (nSPS) is 22.2. The highest BCUT2D eigenvalue weighted by Crippen LogP contribution is 2.22. The molecule has 0 aromatic heterocycles. The van der Waals surface area contributed by atoms with Crippen molar-refractivity contribution < 1.29 is 61.3 Å². The summed E-state index contributed by atoms with van der Waals surface area (Å²) in [7, 11) is 0. The average molecular weight is 1520 g/mol. The number of aliphatic hydroxyl groups is 12. The van der Waals surface area contributed by atoms with Crippen LogP contribution in [0.4, 0.5) is 0 Å². The van der Waals surface area contributed by atoms with E-state index in [4.69, 9.17) is 61.3 Å². The zero-order valence-electron chi connectivity index (χ0n) is 70.7. The number of nitrogens with zero attached hydrogens (tertiary/aromatic N) is 12. The molecule has 0 spiro atoms. The van der Waals surface area contributed by atoms with Gasteiger partial charge in [-0.3, -0.25) is 39.2 Å². The van der Waals surface area contributed by atoms with Crippen LogP contribution < -0.4 is 0 Å². The number of β-amino-alcohol motifs (C(OH)–C–C–N with tert-alkyl or cyclic N) is 12. The van der Waals surface area contributed by atoms with Crippen molar-refractivity contribution in [3.05, 3.63) is 0 Å². The molecule has 106 heavy (non-hydrogen) atoms. The molecule has 0 atom stereocenters. The van der Waals surface area contributed by atoms with Gasteiger partial charge < -0.3 is 80.9 Å². The van der Waals surface area contributed by atoms with Gasteiger partial charge in [-0.05, 0) is 127 Å². The minimum absolute atomic E-state index is 0.0261. The van der Waals surface area contributed by atoms with Gasteiger partial charge in [0, 0.05) is 183 Å². The summed E-state index contributed by atoms with van der Waals surface area (Å²) in [6.45, 7) is 64.2. The smallest absolute Gasteiger partial charge is 0.0793 e. The van der Waals surface area contributed by atoms with E-state index in [0.717, 1.165) is 181 Å². The second-order valence-electron chi connectivity index (χ2n) is 32.4. The van der Waals surface area contributed by atoms with Crippen molar-refractivity contribution in [2.24, 2.45) is 23.7 Å². The van der Waals surface area contributed by atoms with Crippen LogP contribution in [0.15, 0.2) is 0 Å². The molecule has 0 unspecified atom stereocenters. The summed E-state index contributed by atoms with van der Waals surface area (Å²) in [5, 5.41) is 105. The van der Waals surface area contributed by atoms with Gasteiger partial charge in [-0.2, -0.15) is 0 Å². The Morgan fingerprint density at radius 3 is 0.538 bits per heavy atom. The van der Waals surface area contributed by atoms with E-state index in [9.17, 15) is 0 Å². The van der Waals surface area contributed by atoms with E-state index in [1.807, 2.05) is 0 Å². The first-order valence-corrected chi connectivity index (χ1v) is 43.6. The molecule has 12 N–H and O–H groups in total. The van der Waals surface area contributed by atoms with Crippen molar-refractivity contribution in [2.45, 2.75) is 247 Å². The molecule has 0 radical (unpaired) electrons. The lowest BCUT2D eigenvalue weighted by atomic mass is 9.95. The SMILES string of the molecule is CCC1CN(CCO)C1.CCC1CN(CCO)C1.CCCC1CN(CCO)C1.CCCC1CN(CCO)C1.CCCCCN1CC(O)C1.CCCCCN1CC(O)C1.CCCCN1CC(O)C1.CCCCN1CC(O)C1.CCCN1CC(O)C1.CCCN1CC(O)C1.CCN1CC(O)C1.CCN1CC(O)C1. The minimum Gasteiger partial charge on any atom is -0.395 e. The molecular weight excluding hydrogens is 1340 g/mol. The molecule has 12 saturated heterocycles. The van der Waals surface area contributed by atoms with E-state index in [-0.39, 0.29) is 48.8 Å². The summed E-state index contributed by atoms with van der Waals surface area (Å²) >= 11 is 0. The van der Waals surface area contributed by atoms with Crippen LogP contribution >= 0.6 is 0 Å². The first-order chi connectivity index (χ1) is 51.1.